The lowest BCUT2D eigenvalue weighted by molar-refractivity contribution is 0.341. The summed E-state index contributed by atoms with van der Waals surface area (Å²) in [4.78, 5) is 9.76. The van der Waals surface area contributed by atoms with Gasteiger partial charge < -0.3 is 9.72 Å². The van der Waals surface area contributed by atoms with Crippen molar-refractivity contribution < 1.29 is 4.74 Å². The minimum atomic E-state index is -0.0238. The first-order valence-electron chi connectivity index (χ1n) is 12.0. The van der Waals surface area contributed by atoms with Crippen molar-refractivity contribution in [3.63, 3.8) is 0 Å². The number of ether oxygens (including phenoxy) is 1. The predicted molar refractivity (Wildman–Crippen MR) is 147 cm³/mol. The molecule has 1 aliphatic carbocycles. The number of nitrogens with one attached hydrogen (secondary N) is 1. The van der Waals surface area contributed by atoms with Gasteiger partial charge in [-0.2, -0.15) is 0 Å². The standard InChI is InChI=1S/C28H30Cl2N2OS/c1-3-33-24-8-6-5-7-21(24)26-22(29)16-23-28(27(26)30)32-25(31-23)15-18-11-13-20(14-12-18)34(4-2)17-19-9-10-19/h5-8,11-14,16,19,34H,3-4,9-10,15,17H2,1-2H3,(H,31,32). The molecule has 0 spiro atoms. The monoisotopic (exact) mass is 512 g/mol. The van der Waals surface area contributed by atoms with Crippen LogP contribution in [0.15, 0.2) is 59.5 Å². The summed E-state index contributed by atoms with van der Waals surface area (Å²) in [7, 11) is -0.0238. The Morgan fingerprint density at radius 2 is 1.82 bits per heavy atom. The van der Waals surface area contributed by atoms with Gasteiger partial charge in [0.1, 0.15) is 11.6 Å². The third-order valence-electron chi connectivity index (χ3n) is 6.41. The molecule has 34 heavy (non-hydrogen) atoms. The average Bonchev–Trinajstić information content (AvgIpc) is 3.57. The van der Waals surface area contributed by atoms with Gasteiger partial charge in [0, 0.05) is 17.5 Å². The molecule has 3 nitrogen and oxygen atoms in total. The number of hydrogen-bond donors (Lipinski definition) is 2. The van der Waals surface area contributed by atoms with E-state index in [9.17, 15) is 0 Å². The number of aromatic amines is 1. The number of para-hydroxylation sites is 1. The van der Waals surface area contributed by atoms with Crippen LogP contribution in [0.5, 0.6) is 5.75 Å². The van der Waals surface area contributed by atoms with Crippen LogP contribution in [0.3, 0.4) is 0 Å². The summed E-state index contributed by atoms with van der Waals surface area (Å²) in [5.74, 6) is 5.28. The Morgan fingerprint density at radius 1 is 1.06 bits per heavy atom. The van der Waals surface area contributed by atoms with Crippen molar-refractivity contribution in [1.29, 1.82) is 0 Å². The number of halogens is 2. The fourth-order valence-corrected chi connectivity index (χ4v) is 7.55. The van der Waals surface area contributed by atoms with Gasteiger partial charge in [-0.3, -0.25) is 0 Å². The Balaban J connectivity index is 1.42. The smallest absolute Gasteiger partial charge is 0.127 e. The summed E-state index contributed by atoms with van der Waals surface area (Å²) in [6.07, 6.45) is 3.57. The molecule has 178 valence electrons. The molecule has 1 fully saturated rings. The highest BCUT2D eigenvalue weighted by molar-refractivity contribution is 8.17. The maximum Gasteiger partial charge on any atom is 0.127 e. The van der Waals surface area contributed by atoms with E-state index in [0.29, 0.717) is 16.7 Å². The Morgan fingerprint density at radius 3 is 2.53 bits per heavy atom. The molecule has 0 radical (unpaired) electrons. The van der Waals surface area contributed by atoms with E-state index in [1.807, 2.05) is 37.3 Å². The van der Waals surface area contributed by atoms with Crippen molar-refractivity contribution in [2.24, 2.45) is 5.92 Å². The van der Waals surface area contributed by atoms with Crippen molar-refractivity contribution >= 4 is 45.1 Å². The maximum atomic E-state index is 6.88. The molecule has 0 amide bonds. The van der Waals surface area contributed by atoms with Crippen LogP contribution in [-0.2, 0) is 6.42 Å². The molecule has 0 bridgehead atoms. The molecule has 5 rings (SSSR count). The van der Waals surface area contributed by atoms with Crippen molar-refractivity contribution in [1.82, 2.24) is 9.97 Å². The van der Waals surface area contributed by atoms with Crippen LogP contribution in [0.25, 0.3) is 22.2 Å². The van der Waals surface area contributed by atoms with Crippen LogP contribution in [-0.4, -0.2) is 28.1 Å². The highest BCUT2D eigenvalue weighted by atomic mass is 35.5. The molecular weight excluding hydrogens is 483 g/mol. The predicted octanol–water partition coefficient (Wildman–Crippen LogP) is 8.32. The molecule has 0 aliphatic heterocycles. The topological polar surface area (TPSA) is 37.9 Å². The molecule has 1 aliphatic rings. The minimum absolute atomic E-state index is 0.0238. The second kappa shape index (κ2) is 10.2. The van der Waals surface area contributed by atoms with Crippen molar-refractivity contribution in [3.05, 3.63) is 76.0 Å². The van der Waals surface area contributed by atoms with Gasteiger partial charge in [-0.1, -0.05) is 72.6 Å². The molecule has 6 heteroatoms. The van der Waals surface area contributed by atoms with E-state index in [-0.39, 0.29) is 10.9 Å². The second-order valence-corrected chi connectivity index (χ2v) is 12.3. The first-order chi connectivity index (χ1) is 16.6. The zero-order valence-electron chi connectivity index (χ0n) is 19.6. The first-order valence-corrected chi connectivity index (χ1v) is 14.5. The van der Waals surface area contributed by atoms with Crippen LogP contribution in [0.2, 0.25) is 10.0 Å². The Labute approximate surface area is 214 Å². The van der Waals surface area contributed by atoms with E-state index < -0.39 is 0 Å². The number of thiol groups is 1. The number of benzene rings is 3. The fraction of sp³-hybridized carbons (Fsp3) is 0.321. The summed E-state index contributed by atoms with van der Waals surface area (Å²) in [6.45, 7) is 4.86. The van der Waals surface area contributed by atoms with Crippen molar-refractivity contribution in [2.75, 3.05) is 18.1 Å². The Bertz CT molecular complexity index is 1300. The van der Waals surface area contributed by atoms with Crippen LogP contribution < -0.4 is 4.74 Å². The summed E-state index contributed by atoms with van der Waals surface area (Å²) >= 11 is 13.6. The van der Waals surface area contributed by atoms with Crippen LogP contribution >= 0.6 is 34.1 Å². The van der Waals surface area contributed by atoms with Gasteiger partial charge in [0.2, 0.25) is 0 Å². The Kier molecular flexibility index (Phi) is 7.10. The van der Waals surface area contributed by atoms with Crippen LogP contribution in [0.4, 0.5) is 0 Å². The van der Waals surface area contributed by atoms with E-state index in [2.05, 4.69) is 36.2 Å². The van der Waals surface area contributed by atoms with E-state index >= 15 is 0 Å². The maximum absolute atomic E-state index is 6.88. The lowest BCUT2D eigenvalue weighted by Gasteiger charge is -2.20. The Hall–Kier alpha value is -2.14. The zero-order valence-corrected chi connectivity index (χ0v) is 22.0. The summed E-state index contributed by atoms with van der Waals surface area (Å²) < 4.78 is 5.81. The number of rotatable bonds is 9. The number of nitrogens with zero attached hydrogens (tertiary/aromatic N) is 1. The zero-order chi connectivity index (χ0) is 23.7. The van der Waals surface area contributed by atoms with Gasteiger partial charge in [-0.25, -0.2) is 15.9 Å². The normalized spacial score (nSPS) is 15.0. The van der Waals surface area contributed by atoms with E-state index in [1.54, 1.807) is 0 Å². The second-order valence-electron chi connectivity index (χ2n) is 8.88. The molecule has 1 aromatic heterocycles. The highest BCUT2D eigenvalue weighted by Gasteiger charge is 2.24. The lowest BCUT2D eigenvalue weighted by atomic mass is 10.0. The van der Waals surface area contributed by atoms with E-state index in [4.69, 9.17) is 32.9 Å². The largest absolute Gasteiger partial charge is 0.493 e. The van der Waals surface area contributed by atoms with Crippen molar-refractivity contribution in [2.45, 2.75) is 38.0 Å². The molecule has 4 aromatic rings. The summed E-state index contributed by atoms with van der Waals surface area (Å²) in [5, 5.41) is 1.13. The van der Waals surface area contributed by atoms with Gasteiger partial charge in [0.25, 0.3) is 0 Å². The van der Waals surface area contributed by atoms with E-state index in [1.165, 1.54) is 34.8 Å². The molecular formula is C28H30Cl2N2OS. The minimum Gasteiger partial charge on any atom is -0.493 e. The van der Waals surface area contributed by atoms with Gasteiger partial charge in [-0.05, 0) is 59.8 Å². The number of aromatic nitrogens is 2. The first kappa shape index (κ1) is 23.6. The van der Waals surface area contributed by atoms with E-state index in [0.717, 1.165) is 46.1 Å². The van der Waals surface area contributed by atoms with Gasteiger partial charge in [-0.15, -0.1) is 0 Å². The molecule has 1 atom stereocenters. The molecule has 1 heterocycles. The molecule has 3 aromatic carbocycles. The summed E-state index contributed by atoms with van der Waals surface area (Å²) in [5.41, 5.74) is 4.47. The van der Waals surface area contributed by atoms with Crippen LogP contribution in [0.1, 0.15) is 38.1 Å². The summed E-state index contributed by atoms with van der Waals surface area (Å²) in [6, 6.07) is 18.9. The van der Waals surface area contributed by atoms with Crippen molar-refractivity contribution in [3.8, 4) is 16.9 Å². The molecule has 1 unspecified atom stereocenters. The third kappa shape index (κ3) is 4.95. The fourth-order valence-electron chi connectivity index (χ4n) is 4.46. The van der Waals surface area contributed by atoms with Gasteiger partial charge >= 0.3 is 0 Å². The molecule has 1 N–H and O–H groups in total. The van der Waals surface area contributed by atoms with Crippen LogP contribution in [0, 0.1) is 5.92 Å². The average molecular weight is 514 g/mol. The number of fused-ring (bicyclic) bond motifs is 1. The highest BCUT2D eigenvalue weighted by Crippen LogP contribution is 2.45. The van der Waals surface area contributed by atoms with Gasteiger partial charge in [0.15, 0.2) is 0 Å². The molecule has 1 saturated carbocycles. The number of hydrogen-bond acceptors (Lipinski definition) is 2. The number of imidazole rings is 1. The third-order valence-corrected chi connectivity index (χ3v) is 9.83. The number of H-pyrrole nitrogens is 1. The lowest BCUT2D eigenvalue weighted by Crippen LogP contribution is -1.96. The molecule has 0 saturated heterocycles. The SMILES string of the molecule is CCOc1ccccc1-c1c(Cl)cc2nc(Cc3ccc([SH](CC)CC4CC4)cc3)[nH]c2c1Cl. The quantitative estimate of drug-likeness (QED) is 0.221. The van der Waals surface area contributed by atoms with Gasteiger partial charge in [0.05, 0.1) is 27.7 Å².